The largest absolute Gasteiger partial charge is 0.459 e. The summed E-state index contributed by atoms with van der Waals surface area (Å²) in [7, 11) is 0. The van der Waals surface area contributed by atoms with Crippen LogP contribution < -0.4 is 10.6 Å². The number of aromatic nitrogens is 2. The molecule has 2 heterocycles. The summed E-state index contributed by atoms with van der Waals surface area (Å²) < 4.78 is 18.9. The number of carbonyl (C=O) groups excluding carboxylic acids is 2. The molecule has 2 amide bonds. The third kappa shape index (κ3) is 5.88. The maximum Gasteiger partial charge on any atom is 0.287 e. The highest BCUT2D eigenvalue weighted by molar-refractivity contribution is 7.98. The first kappa shape index (κ1) is 21.0. The van der Waals surface area contributed by atoms with Gasteiger partial charge in [0.25, 0.3) is 5.91 Å². The molecule has 29 heavy (non-hydrogen) atoms. The molecule has 0 bridgehead atoms. The van der Waals surface area contributed by atoms with Crippen LogP contribution >= 0.6 is 23.1 Å². The molecule has 0 spiro atoms. The van der Waals surface area contributed by atoms with Crippen molar-refractivity contribution in [3.05, 3.63) is 64.8 Å². The number of hydrogen-bond acceptors (Lipinski definition) is 7. The summed E-state index contributed by atoms with van der Waals surface area (Å²) in [6, 6.07) is 8.81. The molecule has 0 saturated carbocycles. The van der Waals surface area contributed by atoms with E-state index >= 15 is 0 Å². The van der Waals surface area contributed by atoms with Crippen molar-refractivity contribution < 1.29 is 18.4 Å². The Morgan fingerprint density at radius 1 is 1.24 bits per heavy atom. The van der Waals surface area contributed by atoms with Gasteiger partial charge in [-0.15, -0.1) is 10.2 Å². The number of nitrogens with zero attached hydrogens (tertiary/aromatic N) is 2. The van der Waals surface area contributed by atoms with Crippen molar-refractivity contribution >= 4 is 40.0 Å². The van der Waals surface area contributed by atoms with E-state index in [4.69, 9.17) is 4.42 Å². The van der Waals surface area contributed by atoms with Crippen molar-refractivity contribution in [2.45, 2.75) is 18.9 Å². The Labute approximate surface area is 175 Å². The molecular weight excluding hydrogens is 415 g/mol. The Hall–Kier alpha value is -2.72. The van der Waals surface area contributed by atoms with Gasteiger partial charge in [-0.3, -0.25) is 14.9 Å². The van der Waals surface area contributed by atoms with Crippen molar-refractivity contribution in [1.82, 2.24) is 15.5 Å². The standard InChI is InChI=1S/C19H19FN4O3S2/c1-28-10-8-14(21-18(26)15-7-4-9-27-15)17(25)22-19-24-23-16(29-19)11-12-5-2-3-6-13(12)20/h2-7,9,14H,8,10-11H2,1H3,(H,21,26)(H,22,24,25). The van der Waals surface area contributed by atoms with E-state index in [2.05, 4.69) is 20.8 Å². The van der Waals surface area contributed by atoms with Gasteiger partial charge in [0.1, 0.15) is 16.9 Å². The van der Waals surface area contributed by atoms with Crippen LogP contribution in [-0.4, -0.2) is 40.1 Å². The van der Waals surface area contributed by atoms with Gasteiger partial charge in [0.2, 0.25) is 11.0 Å². The van der Waals surface area contributed by atoms with E-state index in [1.807, 2.05) is 6.26 Å². The van der Waals surface area contributed by atoms with Crippen LogP contribution in [0.25, 0.3) is 0 Å². The molecule has 2 N–H and O–H groups in total. The van der Waals surface area contributed by atoms with Crippen molar-refractivity contribution in [1.29, 1.82) is 0 Å². The van der Waals surface area contributed by atoms with Gasteiger partial charge in [-0.1, -0.05) is 29.5 Å². The van der Waals surface area contributed by atoms with E-state index < -0.39 is 17.9 Å². The molecule has 1 unspecified atom stereocenters. The van der Waals surface area contributed by atoms with Crippen molar-refractivity contribution in [3.8, 4) is 0 Å². The normalized spacial score (nSPS) is 11.8. The van der Waals surface area contributed by atoms with Crippen LogP contribution in [-0.2, 0) is 11.2 Å². The Morgan fingerprint density at radius 2 is 2.07 bits per heavy atom. The summed E-state index contributed by atoms with van der Waals surface area (Å²) in [6.45, 7) is 0. The van der Waals surface area contributed by atoms with Crippen LogP contribution in [0.3, 0.4) is 0 Å². The average Bonchev–Trinajstić information content (AvgIpc) is 3.39. The summed E-state index contributed by atoms with van der Waals surface area (Å²) in [4.78, 5) is 24.9. The van der Waals surface area contributed by atoms with Gasteiger partial charge in [0, 0.05) is 6.42 Å². The van der Waals surface area contributed by atoms with Crippen LogP contribution in [0, 0.1) is 5.82 Å². The van der Waals surface area contributed by atoms with E-state index in [-0.39, 0.29) is 18.0 Å². The van der Waals surface area contributed by atoms with Gasteiger partial charge in [0.15, 0.2) is 5.76 Å². The number of hydrogen-bond donors (Lipinski definition) is 2. The number of thioether (sulfide) groups is 1. The SMILES string of the molecule is CSCCC(NC(=O)c1ccco1)C(=O)Nc1nnc(Cc2ccccc2F)s1. The smallest absolute Gasteiger partial charge is 0.287 e. The summed E-state index contributed by atoms with van der Waals surface area (Å²) >= 11 is 2.73. The highest BCUT2D eigenvalue weighted by atomic mass is 32.2. The summed E-state index contributed by atoms with van der Waals surface area (Å²) in [6.07, 6.45) is 4.04. The van der Waals surface area contributed by atoms with E-state index in [1.54, 1.807) is 36.0 Å². The lowest BCUT2D eigenvalue weighted by Gasteiger charge is -2.16. The molecular formula is C19H19FN4O3S2. The predicted octanol–water partition coefficient (Wildman–Crippen LogP) is 3.35. The second-order valence-electron chi connectivity index (χ2n) is 6.04. The van der Waals surface area contributed by atoms with Crippen molar-refractivity contribution in [3.63, 3.8) is 0 Å². The molecule has 0 fully saturated rings. The fourth-order valence-electron chi connectivity index (χ4n) is 2.51. The van der Waals surface area contributed by atoms with Gasteiger partial charge in [-0.25, -0.2) is 4.39 Å². The number of furan rings is 1. The second kappa shape index (κ2) is 10.2. The first-order valence-electron chi connectivity index (χ1n) is 8.76. The topological polar surface area (TPSA) is 97.1 Å². The average molecular weight is 435 g/mol. The molecule has 1 aromatic carbocycles. The number of rotatable bonds is 9. The molecule has 152 valence electrons. The summed E-state index contributed by atoms with van der Waals surface area (Å²) in [5.74, 6) is -0.354. The lowest BCUT2D eigenvalue weighted by Crippen LogP contribution is -2.44. The minimum atomic E-state index is -0.751. The van der Waals surface area contributed by atoms with Gasteiger partial charge in [-0.2, -0.15) is 11.8 Å². The van der Waals surface area contributed by atoms with Crippen molar-refractivity contribution in [2.75, 3.05) is 17.3 Å². The second-order valence-corrected chi connectivity index (χ2v) is 8.09. The number of carbonyl (C=O) groups is 2. The highest BCUT2D eigenvalue weighted by Crippen LogP contribution is 2.20. The molecule has 1 atom stereocenters. The zero-order chi connectivity index (χ0) is 20.6. The van der Waals surface area contributed by atoms with Crippen LogP contribution in [0.5, 0.6) is 0 Å². The maximum absolute atomic E-state index is 13.8. The monoisotopic (exact) mass is 434 g/mol. The molecule has 0 aliphatic carbocycles. The highest BCUT2D eigenvalue weighted by Gasteiger charge is 2.23. The maximum atomic E-state index is 13.8. The minimum Gasteiger partial charge on any atom is -0.459 e. The fraction of sp³-hybridized carbons (Fsp3) is 0.263. The number of amides is 2. The van der Waals surface area contributed by atoms with Crippen molar-refractivity contribution in [2.24, 2.45) is 0 Å². The lowest BCUT2D eigenvalue weighted by atomic mass is 10.1. The summed E-state index contributed by atoms with van der Waals surface area (Å²) in [5, 5.41) is 14.2. The van der Waals surface area contributed by atoms with Crippen LogP contribution in [0.4, 0.5) is 9.52 Å². The quantitative estimate of drug-likeness (QED) is 0.536. The molecule has 0 aliphatic rings. The van der Waals surface area contributed by atoms with E-state index in [0.29, 0.717) is 27.9 Å². The number of benzene rings is 1. The molecule has 7 nitrogen and oxygen atoms in total. The van der Waals surface area contributed by atoms with Crippen LogP contribution in [0.15, 0.2) is 47.1 Å². The van der Waals surface area contributed by atoms with Crippen LogP contribution in [0.2, 0.25) is 0 Å². The fourth-order valence-corrected chi connectivity index (χ4v) is 3.75. The zero-order valence-corrected chi connectivity index (χ0v) is 17.2. The molecule has 0 aliphatic heterocycles. The minimum absolute atomic E-state index is 0.134. The Kier molecular flexibility index (Phi) is 7.36. The van der Waals surface area contributed by atoms with E-state index in [0.717, 1.165) is 0 Å². The first-order chi connectivity index (χ1) is 14.1. The Morgan fingerprint density at radius 3 is 2.79 bits per heavy atom. The van der Waals surface area contributed by atoms with Gasteiger partial charge >= 0.3 is 0 Å². The number of anilines is 1. The van der Waals surface area contributed by atoms with E-state index in [9.17, 15) is 14.0 Å². The molecule has 3 rings (SSSR count). The molecule has 2 aromatic heterocycles. The van der Waals surface area contributed by atoms with Gasteiger partial charge in [-0.05, 0) is 42.2 Å². The van der Waals surface area contributed by atoms with Crippen LogP contribution in [0.1, 0.15) is 27.5 Å². The first-order valence-corrected chi connectivity index (χ1v) is 11.0. The Balaban J connectivity index is 1.63. The Bertz CT molecular complexity index is 962. The zero-order valence-electron chi connectivity index (χ0n) is 15.6. The van der Waals surface area contributed by atoms with Gasteiger partial charge < -0.3 is 9.73 Å². The third-order valence-electron chi connectivity index (χ3n) is 3.97. The molecule has 10 heteroatoms. The summed E-state index contributed by atoms with van der Waals surface area (Å²) in [5.41, 5.74) is 0.505. The molecule has 0 saturated heterocycles. The third-order valence-corrected chi connectivity index (χ3v) is 5.46. The predicted molar refractivity (Wildman–Crippen MR) is 111 cm³/mol. The number of nitrogens with one attached hydrogen (secondary N) is 2. The van der Waals surface area contributed by atoms with Gasteiger partial charge in [0.05, 0.1) is 6.26 Å². The van der Waals surface area contributed by atoms with E-state index in [1.165, 1.54) is 29.7 Å². The molecule has 3 aromatic rings. The molecule has 0 radical (unpaired) electrons. The lowest BCUT2D eigenvalue weighted by molar-refractivity contribution is -0.118. The number of halogens is 1.